The van der Waals surface area contributed by atoms with Gasteiger partial charge in [-0.2, -0.15) is 0 Å². The van der Waals surface area contributed by atoms with E-state index in [9.17, 15) is 24.3 Å². The fraction of sp³-hybridized carbons (Fsp3) is 0.250. The summed E-state index contributed by atoms with van der Waals surface area (Å²) in [5.41, 5.74) is 1.13. The van der Waals surface area contributed by atoms with Crippen molar-refractivity contribution in [1.82, 2.24) is 0 Å². The van der Waals surface area contributed by atoms with Gasteiger partial charge in [0.05, 0.1) is 22.8 Å². The third kappa shape index (κ3) is 5.30. The summed E-state index contributed by atoms with van der Waals surface area (Å²) in [5, 5.41) is 11.6. The van der Waals surface area contributed by atoms with Crippen molar-refractivity contribution in [2.45, 2.75) is 29.4 Å². The van der Waals surface area contributed by atoms with Crippen molar-refractivity contribution in [3.8, 4) is 0 Å². The van der Waals surface area contributed by atoms with Crippen LogP contribution < -0.4 is 10.2 Å². The zero-order valence-electron chi connectivity index (χ0n) is 17.4. The first-order valence-electron chi connectivity index (χ1n) is 10.4. The number of rotatable bonds is 6. The van der Waals surface area contributed by atoms with Gasteiger partial charge in [0, 0.05) is 20.6 Å². The number of benzene rings is 2. The van der Waals surface area contributed by atoms with Crippen LogP contribution in [0.3, 0.4) is 0 Å². The van der Waals surface area contributed by atoms with Gasteiger partial charge in [0.15, 0.2) is 0 Å². The lowest BCUT2D eigenvalue weighted by Gasteiger charge is -2.24. The van der Waals surface area contributed by atoms with Gasteiger partial charge in [-0.25, -0.2) is 4.90 Å². The molecule has 9 heteroatoms. The molecule has 1 heterocycles. The minimum Gasteiger partial charge on any atom is -0.481 e. The lowest BCUT2D eigenvalue weighted by molar-refractivity contribution is -0.146. The number of anilines is 2. The summed E-state index contributed by atoms with van der Waals surface area (Å²) in [6.07, 6.45) is 4.49. The molecule has 33 heavy (non-hydrogen) atoms. The molecule has 7 nitrogen and oxygen atoms in total. The number of carboxylic acids is 1. The number of halogens is 1. The molecule has 2 aromatic rings. The number of carbonyl (C=O) groups excluding carboxylic acids is 3. The van der Waals surface area contributed by atoms with Gasteiger partial charge in [0.25, 0.3) is 0 Å². The van der Waals surface area contributed by atoms with Gasteiger partial charge in [-0.15, -0.1) is 11.8 Å². The zero-order chi connectivity index (χ0) is 23.5. The van der Waals surface area contributed by atoms with Gasteiger partial charge in [0.1, 0.15) is 0 Å². The van der Waals surface area contributed by atoms with E-state index in [0.717, 1.165) is 8.47 Å². The quantitative estimate of drug-likeness (QED) is 0.302. The van der Waals surface area contributed by atoms with Crippen molar-refractivity contribution in [3.05, 3.63) is 64.3 Å². The fourth-order valence-electron chi connectivity index (χ4n) is 3.95. The van der Waals surface area contributed by atoms with Crippen molar-refractivity contribution in [2.24, 2.45) is 11.8 Å². The van der Waals surface area contributed by atoms with Crippen LogP contribution in [0.5, 0.6) is 0 Å². The number of nitrogens with one attached hydrogen (secondary N) is 1. The Balaban J connectivity index is 1.39. The number of allylic oxidation sites excluding steroid dienone is 2. The molecule has 0 bridgehead atoms. The van der Waals surface area contributed by atoms with Gasteiger partial charge in [0.2, 0.25) is 17.7 Å². The van der Waals surface area contributed by atoms with E-state index >= 15 is 0 Å². The van der Waals surface area contributed by atoms with E-state index in [0.29, 0.717) is 24.2 Å². The molecule has 1 aliphatic heterocycles. The van der Waals surface area contributed by atoms with Crippen molar-refractivity contribution in [2.75, 3.05) is 10.2 Å². The molecule has 3 amide bonds. The Labute approximate surface area is 208 Å². The highest BCUT2D eigenvalue weighted by Gasteiger charge is 2.40. The monoisotopic (exact) mass is 576 g/mol. The normalized spacial score (nSPS) is 22.5. The molecule has 0 spiro atoms. The Morgan fingerprint density at radius 1 is 0.970 bits per heavy atom. The first-order chi connectivity index (χ1) is 15.8. The van der Waals surface area contributed by atoms with Crippen molar-refractivity contribution in [1.29, 1.82) is 0 Å². The number of amides is 3. The Hall–Kier alpha value is -2.66. The molecule has 0 unspecified atom stereocenters. The molecular formula is C24H21IN2O5S. The standard InChI is InChI=1S/C24H21IN2O5S/c25-14-5-9-16(10-6-14)27-21(28)13-20(23(27)30)33-17-11-7-15(8-12-17)26-22(29)18-3-1-2-4-19(18)24(31)32/h1-2,5-12,18-20H,3-4,13H2,(H,26,29)(H,31,32)/t18-,19+,20+/m0/s1. The van der Waals surface area contributed by atoms with Crippen LogP contribution in [0.2, 0.25) is 0 Å². The van der Waals surface area contributed by atoms with Gasteiger partial charge in [-0.1, -0.05) is 12.2 Å². The highest BCUT2D eigenvalue weighted by atomic mass is 127. The summed E-state index contributed by atoms with van der Waals surface area (Å²) in [4.78, 5) is 51.4. The predicted octanol–water partition coefficient (Wildman–Crippen LogP) is 4.32. The molecule has 1 aliphatic carbocycles. The molecular weight excluding hydrogens is 555 g/mol. The lowest BCUT2D eigenvalue weighted by atomic mass is 9.82. The molecule has 2 aliphatic rings. The zero-order valence-corrected chi connectivity index (χ0v) is 20.4. The molecule has 170 valence electrons. The van der Waals surface area contributed by atoms with Crippen molar-refractivity contribution < 1.29 is 24.3 Å². The first kappa shape index (κ1) is 23.5. The maximum Gasteiger partial charge on any atom is 0.307 e. The van der Waals surface area contributed by atoms with Crippen molar-refractivity contribution >= 4 is 69.4 Å². The number of thioether (sulfide) groups is 1. The van der Waals surface area contributed by atoms with Gasteiger partial charge in [-0.05, 0) is 84.0 Å². The lowest BCUT2D eigenvalue weighted by Crippen LogP contribution is -2.34. The number of carboxylic acid groups (broad SMARTS) is 1. The smallest absolute Gasteiger partial charge is 0.307 e. The number of hydrogen-bond donors (Lipinski definition) is 2. The molecule has 1 fully saturated rings. The fourth-order valence-corrected chi connectivity index (χ4v) is 5.36. The van der Waals surface area contributed by atoms with Gasteiger partial charge >= 0.3 is 5.97 Å². The van der Waals surface area contributed by atoms with Crippen LogP contribution in [-0.4, -0.2) is 34.0 Å². The van der Waals surface area contributed by atoms with E-state index in [1.807, 2.05) is 18.2 Å². The molecule has 4 rings (SSSR count). The van der Waals surface area contributed by atoms with Crippen LogP contribution in [0, 0.1) is 15.4 Å². The Kier molecular flexibility index (Phi) is 7.18. The summed E-state index contributed by atoms with van der Waals surface area (Å²) >= 11 is 3.48. The molecule has 0 aromatic heterocycles. The third-order valence-corrected chi connectivity index (χ3v) is 7.59. The van der Waals surface area contributed by atoms with Crippen LogP contribution in [0.15, 0.2) is 65.6 Å². The molecule has 2 aromatic carbocycles. The molecule has 2 N–H and O–H groups in total. The van der Waals surface area contributed by atoms with E-state index in [-0.39, 0.29) is 24.1 Å². The summed E-state index contributed by atoms with van der Waals surface area (Å²) in [7, 11) is 0. The van der Waals surface area contributed by atoms with Gasteiger partial charge < -0.3 is 10.4 Å². The van der Waals surface area contributed by atoms with E-state index in [1.54, 1.807) is 42.5 Å². The Bertz CT molecular complexity index is 1120. The predicted molar refractivity (Wildman–Crippen MR) is 134 cm³/mol. The summed E-state index contributed by atoms with van der Waals surface area (Å²) in [6.45, 7) is 0. The molecule has 1 saturated heterocycles. The average Bonchev–Trinajstić information content (AvgIpc) is 3.08. The third-order valence-electron chi connectivity index (χ3n) is 5.68. The van der Waals surface area contributed by atoms with Crippen LogP contribution in [0.25, 0.3) is 0 Å². The highest BCUT2D eigenvalue weighted by molar-refractivity contribution is 14.1. The minimum absolute atomic E-state index is 0.125. The van der Waals surface area contributed by atoms with E-state index in [2.05, 4.69) is 27.9 Å². The number of carbonyl (C=O) groups is 4. The van der Waals surface area contributed by atoms with Crippen LogP contribution in [-0.2, 0) is 19.2 Å². The Morgan fingerprint density at radius 2 is 1.61 bits per heavy atom. The second-order valence-corrected chi connectivity index (χ2v) is 10.4. The number of aliphatic carboxylic acids is 1. The number of imide groups is 1. The molecule has 3 atom stereocenters. The number of nitrogens with zero attached hydrogens (tertiary/aromatic N) is 1. The van der Waals surface area contributed by atoms with Crippen LogP contribution >= 0.6 is 34.4 Å². The van der Waals surface area contributed by atoms with E-state index < -0.39 is 23.1 Å². The second kappa shape index (κ2) is 10.1. The van der Waals surface area contributed by atoms with Gasteiger partial charge in [-0.3, -0.25) is 19.2 Å². The Morgan fingerprint density at radius 3 is 2.24 bits per heavy atom. The minimum atomic E-state index is -0.971. The van der Waals surface area contributed by atoms with Crippen molar-refractivity contribution in [3.63, 3.8) is 0 Å². The average molecular weight is 576 g/mol. The maximum absolute atomic E-state index is 12.9. The highest BCUT2D eigenvalue weighted by Crippen LogP contribution is 2.35. The van der Waals surface area contributed by atoms with Crippen LogP contribution in [0.4, 0.5) is 11.4 Å². The number of hydrogen-bond acceptors (Lipinski definition) is 5. The van der Waals surface area contributed by atoms with E-state index in [1.165, 1.54) is 16.7 Å². The second-order valence-electron chi connectivity index (χ2n) is 7.86. The molecule has 0 saturated carbocycles. The topological polar surface area (TPSA) is 104 Å². The molecule has 0 radical (unpaired) electrons. The van der Waals surface area contributed by atoms with Crippen LogP contribution in [0.1, 0.15) is 19.3 Å². The summed E-state index contributed by atoms with van der Waals surface area (Å²) in [6, 6.07) is 14.2. The van der Waals surface area contributed by atoms with E-state index in [4.69, 9.17) is 0 Å². The largest absolute Gasteiger partial charge is 0.481 e. The summed E-state index contributed by atoms with van der Waals surface area (Å²) in [5.74, 6) is -3.10. The summed E-state index contributed by atoms with van der Waals surface area (Å²) < 4.78 is 1.02. The SMILES string of the molecule is O=C(Nc1ccc(S[C@@H]2CC(=O)N(c3ccc(I)cc3)C2=O)cc1)[C@H]1CC=CC[C@H]1C(=O)O. The maximum atomic E-state index is 12.9. The first-order valence-corrected chi connectivity index (χ1v) is 12.4.